The Morgan fingerprint density at radius 1 is 1.36 bits per heavy atom. The molecule has 1 N–H and O–H groups in total. The number of ether oxygens (including phenoxy) is 1. The van der Waals surface area contributed by atoms with E-state index in [-0.39, 0.29) is 12.2 Å². The lowest BCUT2D eigenvalue weighted by molar-refractivity contribution is -0.148. The third-order valence-corrected chi connectivity index (χ3v) is 4.68. The van der Waals surface area contributed by atoms with Crippen molar-refractivity contribution in [3.8, 4) is 0 Å². The normalized spacial score (nSPS) is 16.4. The number of amides is 3. The van der Waals surface area contributed by atoms with Gasteiger partial charge >= 0.3 is 12.0 Å². The van der Waals surface area contributed by atoms with E-state index in [0.29, 0.717) is 10.7 Å². The Hall–Kier alpha value is -2.75. The number of hydrogen-bond donors (Lipinski definition) is 1. The first kappa shape index (κ1) is 17.1. The molecule has 3 rings (SSSR count). The van der Waals surface area contributed by atoms with Crippen LogP contribution in [0.2, 0.25) is 0 Å². The number of aromatic nitrogens is 2. The molecule has 2 aromatic heterocycles. The number of carbonyl (C=O) groups excluding carboxylic acids is 3. The van der Waals surface area contributed by atoms with Crippen molar-refractivity contribution in [2.24, 2.45) is 0 Å². The number of carbonyl (C=O) groups is 3. The van der Waals surface area contributed by atoms with Crippen LogP contribution >= 0.6 is 11.3 Å². The smallest absolute Gasteiger partial charge is 0.326 e. The Morgan fingerprint density at radius 3 is 2.72 bits per heavy atom. The molecule has 1 saturated heterocycles. The van der Waals surface area contributed by atoms with Crippen LogP contribution in [0.25, 0.3) is 4.96 Å². The van der Waals surface area contributed by atoms with Gasteiger partial charge in [-0.1, -0.05) is 0 Å². The molecular weight excluding hydrogens is 348 g/mol. The maximum Gasteiger partial charge on any atom is 0.326 e. The van der Waals surface area contributed by atoms with E-state index in [0.717, 1.165) is 10.6 Å². The Morgan fingerprint density at radius 2 is 2.08 bits per heavy atom. The average molecular weight is 364 g/mol. The minimum Gasteiger partial charge on any atom is -0.458 e. The van der Waals surface area contributed by atoms with Gasteiger partial charge < -0.3 is 10.1 Å². The van der Waals surface area contributed by atoms with Crippen LogP contribution in [-0.4, -0.2) is 44.3 Å². The number of rotatable bonds is 4. The van der Waals surface area contributed by atoms with Gasteiger partial charge in [0.15, 0.2) is 4.96 Å². The van der Waals surface area contributed by atoms with Gasteiger partial charge in [0.25, 0.3) is 11.5 Å². The molecule has 1 aliphatic heterocycles. The van der Waals surface area contributed by atoms with Crippen molar-refractivity contribution in [1.29, 1.82) is 0 Å². The maximum absolute atomic E-state index is 12.0. The van der Waals surface area contributed by atoms with Crippen molar-refractivity contribution in [2.75, 3.05) is 6.54 Å². The summed E-state index contributed by atoms with van der Waals surface area (Å²) in [5.41, 5.74) is -0.221. The van der Waals surface area contributed by atoms with E-state index in [1.54, 1.807) is 26.2 Å². The average Bonchev–Trinajstić information content (AvgIpc) is 2.98. The van der Waals surface area contributed by atoms with Gasteiger partial charge in [-0.05, 0) is 20.8 Å². The molecule has 0 spiro atoms. The molecular formula is C15H16N4O5S. The Kier molecular flexibility index (Phi) is 4.07. The molecule has 0 bridgehead atoms. The number of imide groups is 1. The fourth-order valence-corrected chi connectivity index (χ4v) is 3.36. The minimum atomic E-state index is -1.05. The first-order valence-corrected chi connectivity index (χ1v) is 8.33. The van der Waals surface area contributed by atoms with Crippen molar-refractivity contribution in [2.45, 2.75) is 32.9 Å². The molecule has 10 heteroatoms. The zero-order chi connectivity index (χ0) is 18.4. The van der Waals surface area contributed by atoms with Crippen molar-refractivity contribution in [3.05, 3.63) is 33.2 Å². The van der Waals surface area contributed by atoms with Gasteiger partial charge in [0.05, 0.1) is 5.69 Å². The second-order valence-corrected chi connectivity index (χ2v) is 7.02. The molecule has 2 aromatic rings. The third kappa shape index (κ3) is 3.12. The lowest BCUT2D eigenvalue weighted by Gasteiger charge is -2.15. The van der Waals surface area contributed by atoms with Crippen LogP contribution in [0.1, 0.15) is 25.2 Å². The molecule has 1 aliphatic rings. The molecule has 9 nitrogen and oxygen atoms in total. The lowest BCUT2D eigenvalue weighted by atomic mass is 10.1. The highest BCUT2D eigenvalue weighted by Crippen LogP contribution is 2.16. The zero-order valence-corrected chi connectivity index (χ0v) is 14.7. The molecule has 25 heavy (non-hydrogen) atoms. The predicted molar refractivity (Wildman–Crippen MR) is 88.2 cm³/mol. The van der Waals surface area contributed by atoms with Crippen LogP contribution in [-0.2, 0) is 20.9 Å². The van der Waals surface area contributed by atoms with E-state index in [1.165, 1.54) is 21.8 Å². The van der Waals surface area contributed by atoms with Crippen LogP contribution in [0.15, 0.2) is 16.2 Å². The second-order valence-electron chi connectivity index (χ2n) is 6.19. The van der Waals surface area contributed by atoms with E-state index in [4.69, 9.17) is 4.74 Å². The maximum atomic E-state index is 12.0. The van der Waals surface area contributed by atoms with E-state index in [1.807, 2.05) is 0 Å². The summed E-state index contributed by atoms with van der Waals surface area (Å²) in [6.07, 6.45) is 0. The van der Waals surface area contributed by atoms with Crippen LogP contribution in [0.4, 0.5) is 4.79 Å². The number of nitrogens with one attached hydrogen (secondary N) is 1. The SMILES string of the molecule is Cc1csc2nc(COC(=O)CN3C(=O)NC(C)(C)C3=O)cc(=O)n12. The van der Waals surface area contributed by atoms with Gasteiger partial charge in [0.1, 0.15) is 18.7 Å². The van der Waals surface area contributed by atoms with E-state index in [9.17, 15) is 19.2 Å². The molecule has 3 amide bonds. The molecule has 3 heterocycles. The Labute approximate surface area is 146 Å². The number of hydrogen-bond acceptors (Lipinski definition) is 7. The number of nitrogens with zero attached hydrogens (tertiary/aromatic N) is 3. The van der Waals surface area contributed by atoms with Gasteiger partial charge in [0, 0.05) is 17.1 Å². The standard InChI is InChI=1S/C15H16N4O5S/c1-8-7-25-14-16-9(4-10(20)19(8)14)6-24-11(21)5-18-12(22)15(2,3)17-13(18)23/h4,7H,5-6H2,1-3H3,(H,17,23). The highest BCUT2D eigenvalue weighted by atomic mass is 32.1. The molecule has 132 valence electrons. The summed E-state index contributed by atoms with van der Waals surface area (Å²) in [5.74, 6) is -1.26. The quantitative estimate of drug-likeness (QED) is 0.623. The Bertz CT molecular complexity index is 945. The van der Waals surface area contributed by atoms with Gasteiger partial charge in [-0.2, -0.15) is 0 Å². The fourth-order valence-electron chi connectivity index (χ4n) is 2.47. The third-order valence-electron chi connectivity index (χ3n) is 3.74. The van der Waals surface area contributed by atoms with E-state index < -0.39 is 30.0 Å². The molecule has 0 saturated carbocycles. The highest BCUT2D eigenvalue weighted by Gasteiger charge is 2.45. The van der Waals surface area contributed by atoms with Crippen molar-refractivity contribution >= 4 is 34.2 Å². The molecule has 0 aromatic carbocycles. The number of fused-ring (bicyclic) bond motifs is 1. The lowest BCUT2D eigenvalue weighted by Crippen LogP contribution is -2.41. The van der Waals surface area contributed by atoms with Crippen LogP contribution < -0.4 is 10.9 Å². The number of thiazole rings is 1. The first-order chi connectivity index (χ1) is 11.7. The fraction of sp³-hybridized carbons (Fsp3) is 0.400. The molecule has 0 unspecified atom stereocenters. The molecule has 0 aliphatic carbocycles. The number of esters is 1. The zero-order valence-electron chi connectivity index (χ0n) is 13.9. The topological polar surface area (TPSA) is 110 Å². The van der Waals surface area contributed by atoms with Crippen LogP contribution in [0.3, 0.4) is 0 Å². The Balaban J connectivity index is 1.66. The summed E-state index contributed by atoms with van der Waals surface area (Å²) < 4.78 is 6.51. The summed E-state index contributed by atoms with van der Waals surface area (Å²) in [7, 11) is 0. The van der Waals surface area contributed by atoms with Crippen molar-refractivity contribution in [1.82, 2.24) is 19.6 Å². The van der Waals surface area contributed by atoms with Gasteiger partial charge in [-0.25, -0.2) is 9.78 Å². The van der Waals surface area contributed by atoms with Gasteiger partial charge in [-0.3, -0.25) is 23.7 Å². The number of urea groups is 1. The monoisotopic (exact) mass is 364 g/mol. The second kappa shape index (κ2) is 5.96. The molecule has 0 radical (unpaired) electrons. The van der Waals surface area contributed by atoms with Crippen LogP contribution in [0, 0.1) is 6.92 Å². The van der Waals surface area contributed by atoms with E-state index >= 15 is 0 Å². The van der Waals surface area contributed by atoms with Crippen molar-refractivity contribution < 1.29 is 19.1 Å². The number of aryl methyl sites for hydroxylation is 1. The van der Waals surface area contributed by atoms with Gasteiger partial charge in [0.2, 0.25) is 0 Å². The minimum absolute atomic E-state index is 0.214. The molecule has 0 atom stereocenters. The highest BCUT2D eigenvalue weighted by molar-refractivity contribution is 7.15. The summed E-state index contributed by atoms with van der Waals surface area (Å²) in [6, 6.07) is 0.649. The summed E-state index contributed by atoms with van der Waals surface area (Å²) in [5, 5.41) is 4.28. The van der Waals surface area contributed by atoms with Crippen LogP contribution in [0.5, 0.6) is 0 Å². The van der Waals surface area contributed by atoms with E-state index in [2.05, 4.69) is 10.3 Å². The first-order valence-electron chi connectivity index (χ1n) is 7.45. The van der Waals surface area contributed by atoms with Gasteiger partial charge in [-0.15, -0.1) is 11.3 Å². The summed E-state index contributed by atoms with van der Waals surface area (Å²) >= 11 is 1.31. The predicted octanol–water partition coefficient (Wildman–Crippen LogP) is 0.438. The summed E-state index contributed by atoms with van der Waals surface area (Å²) in [6.45, 7) is 4.19. The largest absolute Gasteiger partial charge is 0.458 e. The van der Waals surface area contributed by atoms with Crippen molar-refractivity contribution in [3.63, 3.8) is 0 Å². The molecule has 1 fully saturated rings. The summed E-state index contributed by atoms with van der Waals surface area (Å²) in [4.78, 5) is 53.3.